The number of ether oxygens (including phenoxy) is 1. The maximum atomic E-state index is 12.5. The van der Waals surface area contributed by atoms with Crippen LogP contribution in [-0.4, -0.2) is 77.3 Å². The molecule has 0 unspecified atom stereocenters. The van der Waals surface area contributed by atoms with Gasteiger partial charge in [0.25, 0.3) is 0 Å². The lowest BCUT2D eigenvalue weighted by Gasteiger charge is -2.34. The quantitative estimate of drug-likeness (QED) is 0.566. The van der Waals surface area contributed by atoms with E-state index >= 15 is 0 Å². The average molecular weight is 437 g/mol. The first-order chi connectivity index (χ1) is 15.6. The molecule has 32 heavy (non-hydrogen) atoms. The number of pyridine rings is 1. The minimum absolute atomic E-state index is 0.00313. The molecule has 1 fully saturated rings. The number of aromatic nitrogens is 1. The van der Waals surface area contributed by atoms with Crippen molar-refractivity contribution in [1.29, 1.82) is 0 Å². The van der Waals surface area contributed by atoms with E-state index in [1.165, 1.54) is 0 Å². The highest BCUT2D eigenvalue weighted by Gasteiger charge is 2.22. The summed E-state index contributed by atoms with van der Waals surface area (Å²) in [4.78, 5) is 34.7. The molecule has 2 amide bonds. The van der Waals surface area contributed by atoms with Crippen molar-refractivity contribution >= 4 is 17.9 Å². The second-order valence-corrected chi connectivity index (χ2v) is 7.72. The molecule has 2 aromatic rings. The molecule has 0 atom stereocenters. The predicted octanol–water partition coefficient (Wildman–Crippen LogP) is 2.69. The highest BCUT2D eigenvalue weighted by molar-refractivity contribution is 5.91. The fourth-order valence-corrected chi connectivity index (χ4v) is 3.59. The Bertz CT molecular complexity index is 887. The van der Waals surface area contributed by atoms with E-state index in [1.54, 1.807) is 18.5 Å². The Balaban J connectivity index is 1.43. The van der Waals surface area contributed by atoms with Crippen LogP contribution >= 0.6 is 0 Å². The zero-order valence-electron chi connectivity index (χ0n) is 18.9. The number of amides is 2. The number of nitrogens with zero attached hydrogens (tertiary/aromatic N) is 4. The highest BCUT2D eigenvalue weighted by atomic mass is 16.5. The summed E-state index contributed by atoms with van der Waals surface area (Å²) in [5.41, 5.74) is 1.95. The predicted molar refractivity (Wildman–Crippen MR) is 125 cm³/mol. The molecule has 7 heteroatoms. The van der Waals surface area contributed by atoms with E-state index in [2.05, 4.69) is 9.88 Å². The summed E-state index contributed by atoms with van der Waals surface area (Å²) in [5, 5.41) is 0. The minimum Gasteiger partial charge on any atom is -0.489 e. The van der Waals surface area contributed by atoms with E-state index in [9.17, 15) is 9.59 Å². The zero-order valence-corrected chi connectivity index (χ0v) is 18.9. The molecule has 0 spiro atoms. The largest absolute Gasteiger partial charge is 0.489 e. The van der Waals surface area contributed by atoms with Crippen LogP contribution in [0.2, 0.25) is 0 Å². The van der Waals surface area contributed by atoms with Crippen molar-refractivity contribution in [2.75, 3.05) is 45.8 Å². The smallest absolute Gasteiger partial charge is 0.246 e. The van der Waals surface area contributed by atoms with Gasteiger partial charge < -0.3 is 14.5 Å². The lowest BCUT2D eigenvalue weighted by molar-refractivity contribution is -0.133. The number of hydrogen-bond acceptors (Lipinski definition) is 5. The van der Waals surface area contributed by atoms with Crippen LogP contribution in [0.5, 0.6) is 5.75 Å². The van der Waals surface area contributed by atoms with Crippen LogP contribution in [0.25, 0.3) is 6.08 Å². The van der Waals surface area contributed by atoms with Crippen molar-refractivity contribution in [2.45, 2.75) is 20.5 Å². The number of carbonyl (C=O) groups excluding carboxylic acids is 2. The molecule has 0 N–H and O–H groups in total. The molecule has 1 saturated heterocycles. The van der Waals surface area contributed by atoms with Crippen molar-refractivity contribution < 1.29 is 14.3 Å². The number of benzene rings is 1. The summed E-state index contributed by atoms with van der Waals surface area (Å²) in [6, 6.07) is 11.5. The van der Waals surface area contributed by atoms with Gasteiger partial charge in [-0.2, -0.15) is 0 Å². The van der Waals surface area contributed by atoms with Gasteiger partial charge in [0.15, 0.2) is 0 Å². The maximum absolute atomic E-state index is 12.5. The summed E-state index contributed by atoms with van der Waals surface area (Å²) in [6.45, 7) is 9.05. The SMILES string of the molecule is CCN(CC)C(=O)CN1CCN(C(=O)/C=C/c2ccc(OCc3cccnc3)cc2)CC1. The van der Waals surface area contributed by atoms with Crippen LogP contribution in [-0.2, 0) is 16.2 Å². The Morgan fingerprint density at radius 1 is 1.06 bits per heavy atom. The minimum atomic E-state index is -0.00313. The van der Waals surface area contributed by atoms with Crippen molar-refractivity contribution in [1.82, 2.24) is 19.7 Å². The molecule has 170 valence electrons. The van der Waals surface area contributed by atoms with Gasteiger partial charge in [-0.1, -0.05) is 18.2 Å². The summed E-state index contributed by atoms with van der Waals surface area (Å²) in [7, 11) is 0. The van der Waals surface area contributed by atoms with Crippen LogP contribution in [0.15, 0.2) is 54.9 Å². The standard InChI is InChI=1S/C25H32N4O3/c1-3-28(4-2)25(31)19-27-14-16-29(17-15-27)24(30)12-9-21-7-10-23(11-8-21)32-20-22-6-5-13-26-18-22/h5-13,18H,3-4,14-17,19-20H2,1-2H3/b12-9+. The summed E-state index contributed by atoms with van der Waals surface area (Å²) >= 11 is 0. The van der Waals surface area contributed by atoms with E-state index in [0.29, 0.717) is 26.2 Å². The van der Waals surface area contributed by atoms with Gasteiger partial charge in [0, 0.05) is 63.3 Å². The molecule has 0 saturated carbocycles. The molecule has 1 aliphatic rings. The summed E-state index contributed by atoms with van der Waals surface area (Å²) in [6.07, 6.45) is 6.96. The Kier molecular flexibility index (Phi) is 8.80. The fourth-order valence-electron chi connectivity index (χ4n) is 3.59. The summed E-state index contributed by atoms with van der Waals surface area (Å²) < 4.78 is 5.76. The van der Waals surface area contributed by atoms with Gasteiger partial charge in [0.2, 0.25) is 11.8 Å². The van der Waals surface area contributed by atoms with Gasteiger partial charge in [-0.25, -0.2) is 0 Å². The van der Waals surface area contributed by atoms with Crippen LogP contribution in [0.1, 0.15) is 25.0 Å². The molecule has 1 aromatic heterocycles. The van der Waals surface area contributed by atoms with Gasteiger partial charge in [-0.05, 0) is 43.7 Å². The Hall–Kier alpha value is -3.19. The molecule has 3 rings (SSSR count). The first kappa shape index (κ1) is 23.5. The molecule has 0 radical (unpaired) electrons. The van der Waals surface area contributed by atoms with Gasteiger partial charge in [-0.3, -0.25) is 19.5 Å². The number of rotatable bonds is 9. The summed E-state index contributed by atoms with van der Waals surface area (Å²) in [5.74, 6) is 0.923. The molecular formula is C25H32N4O3. The average Bonchev–Trinajstić information content (AvgIpc) is 2.84. The third-order valence-electron chi connectivity index (χ3n) is 5.59. The van der Waals surface area contributed by atoms with Crippen molar-refractivity contribution in [3.8, 4) is 5.75 Å². The fraction of sp³-hybridized carbons (Fsp3) is 0.400. The van der Waals surface area contributed by atoms with Gasteiger partial charge in [-0.15, -0.1) is 0 Å². The van der Waals surface area contributed by atoms with E-state index < -0.39 is 0 Å². The van der Waals surface area contributed by atoms with Crippen molar-refractivity contribution in [3.05, 3.63) is 66.0 Å². The lowest BCUT2D eigenvalue weighted by Crippen LogP contribution is -2.51. The third kappa shape index (κ3) is 6.92. The number of carbonyl (C=O) groups is 2. The Labute approximate surface area is 190 Å². The van der Waals surface area contributed by atoms with Gasteiger partial charge >= 0.3 is 0 Å². The zero-order chi connectivity index (χ0) is 22.8. The van der Waals surface area contributed by atoms with Crippen LogP contribution in [0.3, 0.4) is 0 Å². The van der Waals surface area contributed by atoms with Crippen molar-refractivity contribution in [2.24, 2.45) is 0 Å². The first-order valence-electron chi connectivity index (χ1n) is 11.2. The van der Waals surface area contributed by atoms with Crippen LogP contribution in [0, 0.1) is 0 Å². The molecule has 1 aromatic carbocycles. The Morgan fingerprint density at radius 2 is 1.78 bits per heavy atom. The molecular weight excluding hydrogens is 404 g/mol. The van der Waals surface area contributed by atoms with E-state index in [1.807, 2.05) is 66.1 Å². The monoisotopic (exact) mass is 436 g/mol. The van der Waals surface area contributed by atoms with Gasteiger partial charge in [0.1, 0.15) is 12.4 Å². The van der Waals surface area contributed by atoms with Crippen LogP contribution < -0.4 is 4.74 Å². The number of likely N-dealkylation sites (N-methyl/N-ethyl adjacent to an activating group) is 1. The van der Waals surface area contributed by atoms with Gasteiger partial charge in [0.05, 0.1) is 6.54 Å². The first-order valence-corrected chi connectivity index (χ1v) is 11.2. The number of piperazine rings is 1. The highest BCUT2D eigenvalue weighted by Crippen LogP contribution is 2.15. The second kappa shape index (κ2) is 12.0. The molecule has 7 nitrogen and oxygen atoms in total. The van der Waals surface area contributed by atoms with E-state index in [0.717, 1.165) is 43.1 Å². The van der Waals surface area contributed by atoms with Crippen LogP contribution in [0.4, 0.5) is 0 Å². The lowest BCUT2D eigenvalue weighted by atomic mass is 10.2. The maximum Gasteiger partial charge on any atom is 0.246 e. The molecule has 1 aliphatic heterocycles. The van der Waals surface area contributed by atoms with E-state index in [-0.39, 0.29) is 11.8 Å². The molecule has 0 aliphatic carbocycles. The molecule has 0 bridgehead atoms. The second-order valence-electron chi connectivity index (χ2n) is 7.72. The third-order valence-corrected chi connectivity index (χ3v) is 5.59. The van der Waals surface area contributed by atoms with Crippen molar-refractivity contribution in [3.63, 3.8) is 0 Å². The molecule has 2 heterocycles. The van der Waals surface area contributed by atoms with E-state index in [4.69, 9.17) is 4.74 Å². The Morgan fingerprint density at radius 3 is 2.41 bits per heavy atom. The normalized spacial score (nSPS) is 14.5. The topological polar surface area (TPSA) is 66.0 Å². The number of hydrogen-bond donors (Lipinski definition) is 0.